The molecule has 0 unspecified atom stereocenters. The van der Waals surface area contributed by atoms with Crippen LogP contribution in [-0.4, -0.2) is 26.9 Å². The molecule has 144 valence electrons. The van der Waals surface area contributed by atoms with E-state index in [2.05, 4.69) is 15.3 Å². The van der Waals surface area contributed by atoms with E-state index >= 15 is 0 Å². The van der Waals surface area contributed by atoms with Crippen molar-refractivity contribution in [3.63, 3.8) is 0 Å². The lowest BCUT2D eigenvalue weighted by atomic mass is 10.1. The average Bonchev–Trinajstić information content (AvgIpc) is 3.30. The number of carbonyl (C=O) groups is 1. The molecule has 1 N–H and O–H groups in total. The second-order valence-corrected chi connectivity index (χ2v) is 7.38. The van der Waals surface area contributed by atoms with Crippen LogP contribution < -0.4 is 10.9 Å². The van der Waals surface area contributed by atoms with Crippen LogP contribution >= 0.6 is 11.3 Å². The van der Waals surface area contributed by atoms with Crippen LogP contribution in [-0.2, 0) is 7.05 Å². The fourth-order valence-corrected chi connectivity index (χ4v) is 3.63. The maximum absolute atomic E-state index is 12.6. The van der Waals surface area contributed by atoms with Crippen molar-refractivity contribution < 1.29 is 4.79 Å². The van der Waals surface area contributed by atoms with Crippen LogP contribution in [0.5, 0.6) is 0 Å². The number of ketones is 1. The van der Waals surface area contributed by atoms with Gasteiger partial charge in [-0.05, 0) is 29.1 Å². The smallest absolute Gasteiger partial charge is 0.255 e. The molecule has 6 nitrogen and oxygen atoms in total. The number of hydrogen-bond acceptors (Lipinski definition) is 6. The number of rotatable bonds is 6. The number of anilines is 1. The van der Waals surface area contributed by atoms with E-state index in [9.17, 15) is 9.59 Å². The zero-order chi connectivity index (χ0) is 20.2. The number of benzene rings is 1. The Hall–Kier alpha value is -3.58. The molecule has 29 heavy (non-hydrogen) atoms. The molecule has 0 atom stereocenters. The molecule has 3 aromatic heterocycles. The average molecular weight is 402 g/mol. The minimum Gasteiger partial charge on any atom is -0.348 e. The van der Waals surface area contributed by atoms with Gasteiger partial charge in [-0.1, -0.05) is 30.3 Å². The van der Waals surface area contributed by atoms with Crippen molar-refractivity contribution in [1.82, 2.24) is 14.5 Å². The summed E-state index contributed by atoms with van der Waals surface area (Å²) in [6.07, 6.45) is 3.29. The van der Waals surface area contributed by atoms with E-state index in [1.807, 2.05) is 41.8 Å². The normalized spacial score (nSPS) is 10.7. The van der Waals surface area contributed by atoms with Crippen molar-refractivity contribution >= 4 is 23.1 Å². The van der Waals surface area contributed by atoms with Gasteiger partial charge in [-0.3, -0.25) is 19.1 Å². The second-order valence-electron chi connectivity index (χ2n) is 6.43. The summed E-state index contributed by atoms with van der Waals surface area (Å²) < 4.78 is 1.39. The fourth-order valence-electron chi connectivity index (χ4n) is 2.89. The summed E-state index contributed by atoms with van der Waals surface area (Å²) in [5.41, 5.74) is 2.80. The third-order valence-electron chi connectivity index (χ3n) is 4.53. The third kappa shape index (κ3) is 4.14. The van der Waals surface area contributed by atoms with Crippen molar-refractivity contribution in [1.29, 1.82) is 0 Å². The van der Waals surface area contributed by atoms with E-state index in [4.69, 9.17) is 0 Å². The van der Waals surface area contributed by atoms with E-state index < -0.39 is 0 Å². The number of aromatic nitrogens is 3. The highest BCUT2D eigenvalue weighted by molar-refractivity contribution is 7.13. The molecule has 0 bridgehead atoms. The number of Topliss-reactive ketones (excluding diaryl/α,β-unsaturated/α-hetero) is 1. The monoisotopic (exact) mass is 402 g/mol. The first-order valence-corrected chi connectivity index (χ1v) is 9.89. The third-order valence-corrected chi connectivity index (χ3v) is 5.45. The Labute approximate surface area is 171 Å². The minimum atomic E-state index is -0.206. The van der Waals surface area contributed by atoms with Crippen molar-refractivity contribution in [2.45, 2.75) is 0 Å². The molecule has 4 aromatic rings. The molecule has 0 radical (unpaired) electrons. The van der Waals surface area contributed by atoms with Gasteiger partial charge in [0.1, 0.15) is 0 Å². The predicted molar refractivity (Wildman–Crippen MR) is 115 cm³/mol. The highest BCUT2D eigenvalue weighted by Crippen LogP contribution is 2.24. The van der Waals surface area contributed by atoms with Crippen molar-refractivity contribution in [2.75, 3.05) is 11.9 Å². The Morgan fingerprint density at radius 1 is 1.07 bits per heavy atom. The molecule has 4 rings (SSSR count). The van der Waals surface area contributed by atoms with E-state index in [1.165, 1.54) is 10.6 Å². The molecule has 0 saturated carbocycles. The summed E-state index contributed by atoms with van der Waals surface area (Å²) in [6.45, 7) is 0.0401. The van der Waals surface area contributed by atoms with Gasteiger partial charge in [0, 0.05) is 41.5 Å². The van der Waals surface area contributed by atoms with Gasteiger partial charge in [-0.25, -0.2) is 4.98 Å². The zero-order valence-electron chi connectivity index (χ0n) is 15.7. The number of thiophene rings is 1. The Bertz CT molecular complexity index is 1180. The van der Waals surface area contributed by atoms with Crippen LogP contribution in [0.4, 0.5) is 5.95 Å². The topological polar surface area (TPSA) is 76.9 Å². The minimum absolute atomic E-state index is 0.0401. The molecule has 0 aliphatic rings. The molecular formula is C22H18N4O2S. The molecule has 0 saturated heterocycles. The van der Waals surface area contributed by atoms with E-state index in [0.29, 0.717) is 17.2 Å². The first-order valence-electron chi connectivity index (χ1n) is 9.01. The fraction of sp³-hybridized carbons (Fsp3) is 0.0909. The van der Waals surface area contributed by atoms with E-state index in [-0.39, 0.29) is 17.9 Å². The Morgan fingerprint density at radius 3 is 2.52 bits per heavy atom. The van der Waals surface area contributed by atoms with Crippen LogP contribution in [0.15, 0.2) is 77.2 Å². The van der Waals surface area contributed by atoms with Gasteiger partial charge in [0.2, 0.25) is 5.95 Å². The molecule has 1 aromatic carbocycles. The number of nitrogens with zero attached hydrogens (tertiary/aromatic N) is 3. The lowest BCUT2D eigenvalue weighted by molar-refractivity contribution is 0.101. The van der Waals surface area contributed by atoms with Gasteiger partial charge in [0.25, 0.3) is 5.56 Å². The summed E-state index contributed by atoms with van der Waals surface area (Å²) in [5, 5.41) is 5.02. The number of nitrogens with one attached hydrogen (secondary N) is 1. The Balaban J connectivity index is 1.50. The van der Waals surface area contributed by atoms with Crippen LogP contribution in [0.2, 0.25) is 0 Å². The molecular weight excluding hydrogens is 384 g/mol. The molecule has 0 fully saturated rings. The zero-order valence-corrected chi connectivity index (χ0v) is 16.5. The van der Waals surface area contributed by atoms with E-state index in [0.717, 1.165) is 16.0 Å². The summed E-state index contributed by atoms with van der Waals surface area (Å²) in [6, 6.07) is 16.6. The SMILES string of the molecule is Cn1c(NCC(=O)c2ccc(-c3cccs3)cc2)nc(-c2ccncc2)cc1=O. The number of carbonyl (C=O) groups excluding carboxylic acids is 1. The van der Waals surface area contributed by atoms with Crippen LogP contribution in [0.25, 0.3) is 21.7 Å². The van der Waals surface area contributed by atoms with Gasteiger partial charge >= 0.3 is 0 Å². The lowest BCUT2D eigenvalue weighted by Gasteiger charge is -2.11. The largest absolute Gasteiger partial charge is 0.348 e. The molecule has 0 aliphatic carbocycles. The molecule has 0 amide bonds. The Kier molecular flexibility index (Phi) is 5.31. The molecule has 3 heterocycles. The van der Waals surface area contributed by atoms with Crippen LogP contribution in [0.3, 0.4) is 0 Å². The maximum Gasteiger partial charge on any atom is 0.255 e. The Morgan fingerprint density at radius 2 is 1.83 bits per heavy atom. The van der Waals surface area contributed by atoms with Crippen molar-refractivity contribution in [3.05, 3.63) is 88.3 Å². The quantitative estimate of drug-likeness (QED) is 0.496. The van der Waals surface area contributed by atoms with Gasteiger partial charge in [0.05, 0.1) is 12.2 Å². The predicted octanol–water partition coefficient (Wildman–Crippen LogP) is 3.87. The summed E-state index contributed by atoms with van der Waals surface area (Å²) in [4.78, 5) is 34.5. The number of pyridine rings is 1. The van der Waals surface area contributed by atoms with Crippen LogP contribution in [0, 0.1) is 0 Å². The summed E-state index contributed by atoms with van der Waals surface area (Å²) >= 11 is 1.66. The first kappa shape index (κ1) is 18.8. The van der Waals surface area contributed by atoms with Gasteiger partial charge < -0.3 is 5.32 Å². The lowest BCUT2D eigenvalue weighted by Crippen LogP contribution is -2.24. The maximum atomic E-state index is 12.6. The van der Waals surface area contributed by atoms with Crippen molar-refractivity contribution in [3.8, 4) is 21.7 Å². The highest BCUT2D eigenvalue weighted by Gasteiger charge is 2.11. The second kappa shape index (κ2) is 8.20. The van der Waals surface area contributed by atoms with Gasteiger partial charge in [0.15, 0.2) is 5.78 Å². The standard InChI is InChI=1S/C22H18N4O2S/c1-26-21(28)13-18(15-8-10-23-11-9-15)25-22(26)24-14-19(27)16-4-6-17(7-5-16)20-3-2-12-29-20/h2-13H,14H2,1H3,(H,24,25). The van der Waals surface area contributed by atoms with Gasteiger partial charge in [-0.2, -0.15) is 0 Å². The van der Waals surface area contributed by atoms with E-state index in [1.54, 1.807) is 42.9 Å². The van der Waals surface area contributed by atoms with Gasteiger partial charge in [-0.15, -0.1) is 11.3 Å². The van der Waals surface area contributed by atoms with Crippen LogP contribution in [0.1, 0.15) is 10.4 Å². The summed E-state index contributed by atoms with van der Waals surface area (Å²) in [7, 11) is 1.62. The van der Waals surface area contributed by atoms with Crippen molar-refractivity contribution in [2.24, 2.45) is 7.05 Å². The first-order chi connectivity index (χ1) is 14.1. The molecule has 0 spiro atoms. The molecule has 7 heteroatoms. The highest BCUT2D eigenvalue weighted by atomic mass is 32.1. The molecule has 0 aliphatic heterocycles. The summed E-state index contributed by atoms with van der Waals surface area (Å²) in [5.74, 6) is 0.263. The number of hydrogen-bond donors (Lipinski definition) is 1.